The number of carbonyl (C=O) groups excluding carboxylic acids is 2. The van der Waals surface area contributed by atoms with Crippen LogP contribution in [0.3, 0.4) is 0 Å². The molecular weight excluding hydrogens is 440 g/mol. The first-order chi connectivity index (χ1) is 17.1. The van der Waals surface area contributed by atoms with Crippen molar-refractivity contribution in [1.82, 2.24) is 20.0 Å². The summed E-state index contributed by atoms with van der Waals surface area (Å²) in [5.41, 5.74) is 1.85. The largest absolute Gasteiger partial charge is 0.497 e. The van der Waals surface area contributed by atoms with Gasteiger partial charge in [0, 0.05) is 50.4 Å². The van der Waals surface area contributed by atoms with E-state index >= 15 is 0 Å². The molecule has 2 aromatic carbocycles. The van der Waals surface area contributed by atoms with Crippen molar-refractivity contribution in [3.05, 3.63) is 65.7 Å². The normalized spacial score (nSPS) is 22.8. The molecular formula is C28H36N4O3. The van der Waals surface area contributed by atoms with Crippen LogP contribution in [-0.2, 0) is 11.3 Å². The topological polar surface area (TPSA) is 65.1 Å². The molecule has 7 heteroatoms. The molecule has 1 aliphatic carbocycles. The number of hydrogen-bond donors (Lipinski definition) is 1. The average molecular weight is 477 g/mol. The Bertz CT molecular complexity index is 1020. The zero-order valence-electron chi connectivity index (χ0n) is 20.6. The molecule has 0 bridgehead atoms. The number of ether oxygens (including phenoxy) is 1. The van der Waals surface area contributed by atoms with Crippen LogP contribution in [0.25, 0.3) is 0 Å². The lowest BCUT2D eigenvalue weighted by molar-refractivity contribution is -0.135. The maximum atomic E-state index is 13.8. The lowest BCUT2D eigenvalue weighted by Gasteiger charge is -2.29. The minimum atomic E-state index is -0.436. The Morgan fingerprint density at radius 1 is 1.03 bits per heavy atom. The summed E-state index contributed by atoms with van der Waals surface area (Å²) in [6, 6.07) is 18.0. The quantitative estimate of drug-likeness (QED) is 0.666. The van der Waals surface area contributed by atoms with Crippen molar-refractivity contribution in [3.8, 4) is 5.75 Å². The second-order valence-corrected chi connectivity index (χ2v) is 9.91. The van der Waals surface area contributed by atoms with E-state index in [1.54, 1.807) is 13.2 Å². The van der Waals surface area contributed by atoms with E-state index in [4.69, 9.17) is 4.74 Å². The van der Waals surface area contributed by atoms with Gasteiger partial charge in [-0.15, -0.1) is 0 Å². The monoisotopic (exact) mass is 476 g/mol. The molecule has 0 radical (unpaired) electrons. The molecule has 2 amide bonds. The standard InChI is InChI=1S/C28H36N4O3/c1-35-25-10-5-9-22(17-25)27(33)32-20-24(18-26(32)28(34)30-15-6-13-29-14-16-30)31(23-11-12-23)19-21-7-3-2-4-8-21/h2-5,7-10,17,23-24,26,29H,6,11-16,18-20H2,1H3. The average Bonchev–Trinajstić information content (AvgIpc) is 3.70. The number of carbonyl (C=O) groups is 2. The molecule has 2 unspecified atom stereocenters. The van der Waals surface area contributed by atoms with Gasteiger partial charge in [0.1, 0.15) is 11.8 Å². The third kappa shape index (κ3) is 5.52. The smallest absolute Gasteiger partial charge is 0.254 e. The van der Waals surface area contributed by atoms with E-state index in [1.165, 1.54) is 18.4 Å². The number of methoxy groups -OCH3 is 1. The third-order valence-corrected chi connectivity index (χ3v) is 7.49. The van der Waals surface area contributed by atoms with Crippen LogP contribution in [-0.4, -0.2) is 84.5 Å². The van der Waals surface area contributed by atoms with E-state index in [9.17, 15) is 9.59 Å². The predicted octanol–water partition coefficient (Wildman–Crippen LogP) is 2.76. The molecule has 3 fully saturated rings. The van der Waals surface area contributed by atoms with Crippen molar-refractivity contribution in [2.24, 2.45) is 0 Å². The van der Waals surface area contributed by atoms with Crippen molar-refractivity contribution in [2.75, 3.05) is 39.8 Å². The van der Waals surface area contributed by atoms with Crippen LogP contribution in [0, 0.1) is 0 Å². The molecule has 1 saturated carbocycles. The van der Waals surface area contributed by atoms with E-state index < -0.39 is 6.04 Å². The molecule has 7 nitrogen and oxygen atoms in total. The Morgan fingerprint density at radius 3 is 2.63 bits per heavy atom. The Labute approximate surface area is 208 Å². The lowest BCUT2D eigenvalue weighted by Crippen LogP contribution is -2.48. The molecule has 1 N–H and O–H groups in total. The molecule has 2 aromatic rings. The van der Waals surface area contributed by atoms with E-state index in [1.807, 2.05) is 34.1 Å². The number of hydrogen-bond acceptors (Lipinski definition) is 5. The number of nitrogens with zero attached hydrogens (tertiary/aromatic N) is 3. The summed E-state index contributed by atoms with van der Waals surface area (Å²) in [7, 11) is 1.60. The van der Waals surface area contributed by atoms with Gasteiger partial charge < -0.3 is 19.9 Å². The van der Waals surface area contributed by atoms with E-state index in [0.717, 1.165) is 32.6 Å². The van der Waals surface area contributed by atoms with Gasteiger partial charge in [-0.25, -0.2) is 0 Å². The molecule has 35 heavy (non-hydrogen) atoms. The van der Waals surface area contributed by atoms with Gasteiger partial charge in [-0.3, -0.25) is 14.5 Å². The molecule has 2 aliphatic heterocycles. The first-order valence-electron chi connectivity index (χ1n) is 12.9. The molecule has 186 valence electrons. The number of amides is 2. The highest BCUT2D eigenvalue weighted by Crippen LogP contribution is 2.35. The van der Waals surface area contributed by atoms with Gasteiger partial charge in [0.2, 0.25) is 5.91 Å². The molecule has 3 aliphatic rings. The zero-order valence-corrected chi connectivity index (χ0v) is 20.6. The van der Waals surface area contributed by atoms with Gasteiger partial charge in [-0.2, -0.15) is 0 Å². The van der Waals surface area contributed by atoms with Crippen molar-refractivity contribution >= 4 is 11.8 Å². The van der Waals surface area contributed by atoms with Crippen molar-refractivity contribution in [3.63, 3.8) is 0 Å². The maximum Gasteiger partial charge on any atom is 0.254 e. The number of likely N-dealkylation sites (tertiary alicyclic amines) is 1. The minimum Gasteiger partial charge on any atom is -0.497 e. The Kier molecular flexibility index (Phi) is 7.35. The summed E-state index contributed by atoms with van der Waals surface area (Å²) < 4.78 is 5.36. The van der Waals surface area contributed by atoms with Crippen LogP contribution in [0.2, 0.25) is 0 Å². The molecule has 0 aromatic heterocycles. The maximum absolute atomic E-state index is 13.8. The van der Waals surface area contributed by atoms with Gasteiger partial charge in [0.15, 0.2) is 0 Å². The minimum absolute atomic E-state index is 0.0860. The highest BCUT2D eigenvalue weighted by Gasteiger charge is 2.46. The molecule has 0 spiro atoms. The first kappa shape index (κ1) is 23.8. The summed E-state index contributed by atoms with van der Waals surface area (Å²) in [6.45, 7) is 4.58. The molecule has 5 rings (SSSR count). The summed E-state index contributed by atoms with van der Waals surface area (Å²) in [5.74, 6) is 0.646. The highest BCUT2D eigenvalue weighted by molar-refractivity contribution is 5.98. The molecule has 2 heterocycles. The van der Waals surface area contributed by atoms with Crippen LogP contribution in [0.4, 0.5) is 0 Å². The number of rotatable bonds is 7. The summed E-state index contributed by atoms with van der Waals surface area (Å²) in [4.78, 5) is 33.9. The van der Waals surface area contributed by atoms with Crippen molar-refractivity contribution < 1.29 is 14.3 Å². The predicted molar refractivity (Wildman–Crippen MR) is 135 cm³/mol. The second-order valence-electron chi connectivity index (χ2n) is 9.91. The van der Waals surface area contributed by atoms with Crippen LogP contribution >= 0.6 is 0 Å². The fraction of sp³-hybridized carbons (Fsp3) is 0.500. The molecule has 2 saturated heterocycles. The van der Waals surface area contributed by atoms with E-state index in [2.05, 4.69) is 34.5 Å². The number of benzene rings is 2. The Morgan fingerprint density at radius 2 is 1.86 bits per heavy atom. The second kappa shape index (κ2) is 10.8. The van der Waals surface area contributed by atoms with E-state index in [-0.39, 0.29) is 17.9 Å². The van der Waals surface area contributed by atoms with Gasteiger partial charge in [-0.1, -0.05) is 36.4 Å². The van der Waals surface area contributed by atoms with Crippen LogP contribution in [0.1, 0.15) is 41.6 Å². The van der Waals surface area contributed by atoms with Gasteiger partial charge in [-0.05, 0) is 56.0 Å². The lowest BCUT2D eigenvalue weighted by atomic mass is 10.1. The third-order valence-electron chi connectivity index (χ3n) is 7.49. The van der Waals surface area contributed by atoms with Gasteiger partial charge >= 0.3 is 0 Å². The SMILES string of the molecule is COc1cccc(C(=O)N2CC(N(Cc3ccccc3)C3CC3)CC2C(=O)N2CCCNCC2)c1. The fourth-order valence-corrected chi connectivity index (χ4v) is 5.47. The van der Waals surface area contributed by atoms with Crippen LogP contribution in [0.15, 0.2) is 54.6 Å². The molecule has 2 atom stereocenters. The highest BCUT2D eigenvalue weighted by atomic mass is 16.5. The fourth-order valence-electron chi connectivity index (χ4n) is 5.47. The summed E-state index contributed by atoms with van der Waals surface area (Å²) in [6.07, 6.45) is 3.99. The van der Waals surface area contributed by atoms with Gasteiger partial charge in [0.25, 0.3) is 5.91 Å². The van der Waals surface area contributed by atoms with Crippen molar-refractivity contribution in [1.29, 1.82) is 0 Å². The van der Waals surface area contributed by atoms with Crippen molar-refractivity contribution in [2.45, 2.75) is 50.4 Å². The zero-order chi connectivity index (χ0) is 24.2. The van der Waals surface area contributed by atoms with Gasteiger partial charge in [0.05, 0.1) is 7.11 Å². The number of nitrogens with one attached hydrogen (secondary N) is 1. The van der Waals surface area contributed by atoms with Crippen LogP contribution in [0.5, 0.6) is 5.75 Å². The Hall–Kier alpha value is -2.90. The van der Waals surface area contributed by atoms with Crippen LogP contribution < -0.4 is 10.1 Å². The Balaban J connectivity index is 1.41. The summed E-state index contributed by atoms with van der Waals surface area (Å²) >= 11 is 0. The van der Waals surface area contributed by atoms with E-state index in [0.29, 0.717) is 36.9 Å². The summed E-state index contributed by atoms with van der Waals surface area (Å²) in [5, 5.41) is 3.38. The first-order valence-corrected chi connectivity index (χ1v) is 12.9.